The van der Waals surface area contributed by atoms with Gasteiger partial charge < -0.3 is 10.6 Å². The normalized spacial score (nSPS) is 19.2. The van der Waals surface area contributed by atoms with Gasteiger partial charge in [0.05, 0.1) is 5.69 Å². The highest BCUT2D eigenvalue weighted by molar-refractivity contribution is 7.21. The van der Waals surface area contributed by atoms with Gasteiger partial charge in [0.1, 0.15) is 4.88 Å². The minimum absolute atomic E-state index is 0.0814. The van der Waals surface area contributed by atoms with Crippen molar-refractivity contribution in [2.24, 2.45) is 0 Å². The Morgan fingerprint density at radius 2 is 2.19 bits per heavy atom. The van der Waals surface area contributed by atoms with E-state index in [9.17, 15) is 4.79 Å². The van der Waals surface area contributed by atoms with E-state index in [2.05, 4.69) is 11.9 Å². The number of amides is 1. The summed E-state index contributed by atoms with van der Waals surface area (Å²) in [6.45, 7) is 6.88. The van der Waals surface area contributed by atoms with E-state index in [1.807, 2.05) is 24.8 Å². The largest absolute Gasteiger partial charge is 0.397 e. The predicted molar refractivity (Wildman–Crippen MR) is 87.9 cm³/mol. The summed E-state index contributed by atoms with van der Waals surface area (Å²) in [6, 6.07) is 2.32. The number of nitrogen functional groups attached to an aromatic ring is 1. The van der Waals surface area contributed by atoms with Gasteiger partial charge in [-0.25, -0.2) is 0 Å². The average molecular weight is 303 g/mol. The van der Waals surface area contributed by atoms with Crippen LogP contribution in [-0.2, 0) is 0 Å². The maximum atomic E-state index is 12.8. The fraction of sp³-hybridized carbons (Fsp3) is 0.500. The molecule has 2 aromatic rings. The van der Waals surface area contributed by atoms with Crippen molar-refractivity contribution in [2.75, 3.05) is 12.3 Å². The summed E-state index contributed by atoms with van der Waals surface area (Å²) in [5.41, 5.74) is 8.74. The molecule has 0 radical (unpaired) electrons. The molecule has 112 valence electrons. The van der Waals surface area contributed by atoms with Crippen molar-refractivity contribution in [1.82, 2.24) is 9.88 Å². The second kappa shape index (κ2) is 5.30. The van der Waals surface area contributed by atoms with Crippen molar-refractivity contribution < 1.29 is 4.79 Å². The molecule has 3 heterocycles. The number of likely N-dealkylation sites (tertiary alicyclic amines) is 1. The Bertz CT molecular complexity index is 707. The lowest BCUT2D eigenvalue weighted by atomic mass is 10.0. The van der Waals surface area contributed by atoms with Gasteiger partial charge in [-0.2, -0.15) is 0 Å². The number of nitrogens with zero attached hydrogens (tertiary/aromatic N) is 2. The predicted octanol–water partition coefficient (Wildman–Crippen LogP) is 3.51. The van der Waals surface area contributed by atoms with Gasteiger partial charge in [-0.15, -0.1) is 11.3 Å². The van der Waals surface area contributed by atoms with Gasteiger partial charge in [0.15, 0.2) is 0 Å². The first-order chi connectivity index (χ1) is 9.99. The number of carbonyl (C=O) groups is 1. The van der Waals surface area contributed by atoms with Crippen LogP contribution in [0.4, 0.5) is 5.69 Å². The highest BCUT2D eigenvalue weighted by Crippen LogP contribution is 2.37. The molecule has 1 fully saturated rings. The Morgan fingerprint density at radius 3 is 2.90 bits per heavy atom. The zero-order chi connectivity index (χ0) is 15.1. The summed E-state index contributed by atoms with van der Waals surface area (Å²) in [7, 11) is 0. The van der Waals surface area contributed by atoms with Gasteiger partial charge in [-0.3, -0.25) is 9.78 Å². The van der Waals surface area contributed by atoms with Crippen LogP contribution in [0.2, 0.25) is 0 Å². The van der Waals surface area contributed by atoms with Crippen LogP contribution in [0.25, 0.3) is 10.1 Å². The maximum absolute atomic E-state index is 12.8. The number of thiophene rings is 1. The number of piperidine rings is 1. The molecule has 5 heteroatoms. The molecule has 1 atom stereocenters. The molecule has 2 aromatic heterocycles. The van der Waals surface area contributed by atoms with Crippen LogP contribution >= 0.6 is 11.3 Å². The van der Waals surface area contributed by atoms with Crippen LogP contribution in [0.1, 0.15) is 47.2 Å². The van der Waals surface area contributed by atoms with E-state index in [0.29, 0.717) is 16.6 Å². The minimum Gasteiger partial charge on any atom is -0.397 e. The lowest BCUT2D eigenvalue weighted by Gasteiger charge is -2.33. The van der Waals surface area contributed by atoms with Crippen molar-refractivity contribution in [2.45, 2.75) is 46.1 Å². The smallest absolute Gasteiger partial charge is 0.266 e. The van der Waals surface area contributed by atoms with E-state index in [1.165, 1.54) is 17.8 Å². The van der Waals surface area contributed by atoms with Crippen LogP contribution in [0, 0.1) is 13.8 Å². The molecule has 3 rings (SSSR count). The summed E-state index contributed by atoms with van der Waals surface area (Å²) in [4.78, 5) is 19.9. The molecular weight excluding hydrogens is 282 g/mol. The van der Waals surface area contributed by atoms with Crippen molar-refractivity contribution in [3.8, 4) is 0 Å². The lowest BCUT2D eigenvalue weighted by Crippen LogP contribution is -2.41. The molecule has 0 spiro atoms. The molecule has 0 aromatic carbocycles. The molecule has 0 saturated carbocycles. The number of hydrogen-bond acceptors (Lipinski definition) is 4. The third-order valence-electron chi connectivity index (χ3n) is 4.28. The summed E-state index contributed by atoms with van der Waals surface area (Å²) in [5, 5.41) is 0.943. The molecule has 0 bridgehead atoms. The van der Waals surface area contributed by atoms with E-state index < -0.39 is 0 Å². The molecule has 1 saturated heterocycles. The monoisotopic (exact) mass is 303 g/mol. The Labute approximate surface area is 129 Å². The molecular formula is C16H21N3OS. The molecule has 1 aliphatic rings. The number of aromatic nitrogens is 1. The second-order valence-electron chi connectivity index (χ2n) is 5.91. The van der Waals surface area contributed by atoms with Gasteiger partial charge in [0, 0.05) is 34.1 Å². The summed E-state index contributed by atoms with van der Waals surface area (Å²) >= 11 is 1.50. The first kappa shape index (κ1) is 14.3. The number of rotatable bonds is 1. The number of fused-ring (bicyclic) bond motifs is 1. The van der Waals surface area contributed by atoms with E-state index in [-0.39, 0.29) is 5.91 Å². The van der Waals surface area contributed by atoms with Gasteiger partial charge in [0.25, 0.3) is 5.91 Å². The second-order valence-corrected chi connectivity index (χ2v) is 6.96. The highest BCUT2D eigenvalue weighted by Gasteiger charge is 2.28. The van der Waals surface area contributed by atoms with Crippen molar-refractivity contribution >= 4 is 33.0 Å². The molecule has 4 nitrogen and oxygen atoms in total. The van der Waals surface area contributed by atoms with Crippen LogP contribution in [-0.4, -0.2) is 28.4 Å². The van der Waals surface area contributed by atoms with Crippen LogP contribution in [0.15, 0.2) is 6.07 Å². The fourth-order valence-electron chi connectivity index (χ4n) is 3.17. The van der Waals surface area contributed by atoms with E-state index >= 15 is 0 Å². The third-order valence-corrected chi connectivity index (χ3v) is 5.42. The Hall–Kier alpha value is -1.62. The number of hydrogen-bond donors (Lipinski definition) is 1. The SMILES string of the molecule is Cc1cc2sc(C(=O)N3CCCCC3C)c(N)c2c(C)n1. The quantitative estimate of drug-likeness (QED) is 0.877. The minimum atomic E-state index is 0.0814. The van der Waals surface area contributed by atoms with Crippen molar-refractivity contribution in [1.29, 1.82) is 0 Å². The van der Waals surface area contributed by atoms with Crippen molar-refractivity contribution in [3.63, 3.8) is 0 Å². The van der Waals surface area contributed by atoms with Gasteiger partial charge in [-0.05, 0) is 46.1 Å². The number of pyridine rings is 1. The molecule has 0 aliphatic carbocycles. The van der Waals surface area contributed by atoms with Crippen LogP contribution in [0.3, 0.4) is 0 Å². The van der Waals surface area contributed by atoms with E-state index in [0.717, 1.165) is 40.9 Å². The topological polar surface area (TPSA) is 59.2 Å². The first-order valence-electron chi connectivity index (χ1n) is 7.46. The van der Waals surface area contributed by atoms with Crippen LogP contribution < -0.4 is 5.73 Å². The summed E-state index contributed by atoms with van der Waals surface area (Å²) in [6.07, 6.45) is 3.37. The number of aryl methyl sites for hydroxylation is 2. The molecule has 2 N–H and O–H groups in total. The molecule has 1 aliphatic heterocycles. The lowest BCUT2D eigenvalue weighted by molar-refractivity contribution is 0.0642. The summed E-state index contributed by atoms with van der Waals surface area (Å²) < 4.78 is 1.06. The Morgan fingerprint density at radius 1 is 1.43 bits per heavy atom. The third kappa shape index (κ3) is 2.39. The van der Waals surface area contributed by atoms with Gasteiger partial charge in [-0.1, -0.05) is 0 Å². The Balaban J connectivity index is 2.06. The summed E-state index contributed by atoms with van der Waals surface area (Å²) in [5.74, 6) is 0.0814. The van der Waals surface area contributed by atoms with Crippen molar-refractivity contribution in [3.05, 3.63) is 22.3 Å². The van der Waals surface area contributed by atoms with Gasteiger partial charge in [0.2, 0.25) is 0 Å². The average Bonchev–Trinajstić information content (AvgIpc) is 2.75. The maximum Gasteiger partial charge on any atom is 0.266 e. The Kier molecular flexibility index (Phi) is 3.61. The number of anilines is 1. The first-order valence-corrected chi connectivity index (χ1v) is 8.28. The van der Waals surface area contributed by atoms with Gasteiger partial charge >= 0.3 is 0 Å². The zero-order valence-electron chi connectivity index (χ0n) is 12.8. The zero-order valence-corrected chi connectivity index (χ0v) is 13.6. The van der Waals surface area contributed by atoms with E-state index in [4.69, 9.17) is 5.73 Å². The fourth-order valence-corrected chi connectivity index (χ4v) is 4.39. The number of carbonyl (C=O) groups excluding carboxylic acids is 1. The molecule has 1 amide bonds. The number of nitrogens with two attached hydrogens (primary N) is 1. The highest BCUT2D eigenvalue weighted by atomic mass is 32.1. The molecule has 21 heavy (non-hydrogen) atoms. The standard InChI is InChI=1S/C16H21N3OS/c1-9-8-12-13(11(3)18-9)14(17)15(21-12)16(20)19-7-5-4-6-10(19)2/h8,10H,4-7,17H2,1-3H3. The molecule has 1 unspecified atom stereocenters. The van der Waals surface area contributed by atoms with Crippen LogP contribution in [0.5, 0.6) is 0 Å². The van der Waals surface area contributed by atoms with E-state index in [1.54, 1.807) is 0 Å².